The molecule has 2 aliphatic rings. The van der Waals surface area contributed by atoms with E-state index in [2.05, 4.69) is 12.1 Å². The van der Waals surface area contributed by atoms with E-state index in [4.69, 9.17) is 29.5 Å². The van der Waals surface area contributed by atoms with Crippen molar-refractivity contribution in [2.24, 2.45) is 11.8 Å². The van der Waals surface area contributed by atoms with Gasteiger partial charge in [-0.3, -0.25) is 0 Å². The summed E-state index contributed by atoms with van der Waals surface area (Å²) in [5.74, 6) is -0.280. The third-order valence-corrected chi connectivity index (χ3v) is 3.52. The Bertz CT molecular complexity index is 365. The molecule has 6 atom stereocenters. The van der Waals surface area contributed by atoms with Crippen LogP contribution in [-0.4, -0.2) is 50.8 Å². The first-order valence-electron chi connectivity index (χ1n) is 6.91. The third kappa shape index (κ3) is 3.47. The molecule has 20 heavy (non-hydrogen) atoms. The van der Waals surface area contributed by atoms with E-state index in [0.29, 0.717) is 26.4 Å². The molecule has 2 saturated heterocycles. The molecule has 0 aromatic carbocycles. The summed E-state index contributed by atoms with van der Waals surface area (Å²) in [6, 6.07) is 4.27. The van der Waals surface area contributed by atoms with Crippen LogP contribution in [0.4, 0.5) is 0 Å². The fourth-order valence-corrected chi connectivity index (χ4v) is 2.33. The van der Waals surface area contributed by atoms with Crippen molar-refractivity contribution in [3.05, 3.63) is 0 Å². The highest BCUT2D eigenvalue weighted by atomic mass is 16.6. The summed E-state index contributed by atoms with van der Waals surface area (Å²) in [6.07, 6.45) is -0.554. The molecule has 0 amide bonds. The highest BCUT2D eigenvalue weighted by Gasteiger charge is 2.49. The molecule has 0 saturated carbocycles. The lowest BCUT2D eigenvalue weighted by atomic mass is 10.1. The van der Waals surface area contributed by atoms with Crippen molar-refractivity contribution < 1.29 is 18.9 Å². The fourth-order valence-electron chi connectivity index (χ4n) is 2.33. The van der Waals surface area contributed by atoms with Crippen molar-refractivity contribution in [1.29, 1.82) is 10.5 Å². The van der Waals surface area contributed by atoms with Crippen LogP contribution >= 0.6 is 0 Å². The van der Waals surface area contributed by atoms with Crippen LogP contribution in [0.3, 0.4) is 0 Å². The van der Waals surface area contributed by atoms with Crippen LogP contribution in [0.2, 0.25) is 0 Å². The summed E-state index contributed by atoms with van der Waals surface area (Å²) in [5, 5.41) is 17.5. The Morgan fingerprint density at radius 1 is 0.950 bits per heavy atom. The molecule has 6 unspecified atom stereocenters. The van der Waals surface area contributed by atoms with Gasteiger partial charge in [-0.25, -0.2) is 0 Å². The number of ether oxygens (including phenoxy) is 4. The molecule has 2 aliphatic heterocycles. The van der Waals surface area contributed by atoms with Gasteiger partial charge in [-0.05, 0) is 13.8 Å². The van der Waals surface area contributed by atoms with Gasteiger partial charge in [-0.15, -0.1) is 0 Å². The number of rotatable bonds is 6. The van der Waals surface area contributed by atoms with Crippen molar-refractivity contribution >= 4 is 0 Å². The second-order valence-electron chi connectivity index (χ2n) is 5.40. The minimum Gasteiger partial charge on any atom is -0.372 e. The van der Waals surface area contributed by atoms with Gasteiger partial charge < -0.3 is 18.9 Å². The van der Waals surface area contributed by atoms with E-state index < -0.39 is 0 Å². The monoisotopic (exact) mass is 280 g/mol. The minimum atomic E-state index is -0.141. The smallest absolute Gasteiger partial charge is 0.115 e. The van der Waals surface area contributed by atoms with Crippen LogP contribution in [0.5, 0.6) is 0 Å². The van der Waals surface area contributed by atoms with Crippen LogP contribution in [-0.2, 0) is 18.9 Å². The largest absolute Gasteiger partial charge is 0.372 e. The Hall–Kier alpha value is -1.18. The topological polar surface area (TPSA) is 84.5 Å². The van der Waals surface area contributed by atoms with E-state index >= 15 is 0 Å². The average Bonchev–Trinajstić information content (AvgIpc) is 3.04. The zero-order valence-electron chi connectivity index (χ0n) is 11.8. The summed E-state index contributed by atoms with van der Waals surface area (Å²) in [6.45, 7) is 5.32. The minimum absolute atomic E-state index is 0.136. The second kappa shape index (κ2) is 7.01. The zero-order chi connectivity index (χ0) is 14.5. The molecule has 2 fully saturated rings. The first-order chi connectivity index (χ1) is 9.65. The molecular weight excluding hydrogens is 260 g/mol. The summed E-state index contributed by atoms with van der Waals surface area (Å²) in [7, 11) is 0. The van der Waals surface area contributed by atoms with Gasteiger partial charge in [0, 0.05) is 0 Å². The maximum atomic E-state index is 8.74. The highest BCUT2D eigenvalue weighted by molar-refractivity contribution is 4.96. The van der Waals surface area contributed by atoms with E-state index in [1.165, 1.54) is 0 Å². The van der Waals surface area contributed by atoms with Gasteiger partial charge in [0.1, 0.15) is 24.4 Å². The Morgan fingerprint density at radius 2 is 1.35 bits per heavy atom. The van der Waals surface area contributed by atoms with Crippen LogP contribution in [0.25, 0.3) is 0 Å². The fraction of sp³-hybridized carbons (Fsp3) is 0.857. The molecule has 0 radical (unpaired) electrons. The quantitative estimate of drug-likeness (QED) is 0.718. The number of nitrogens with zero attached hydrogens (tertiary/aromatic N) is 2. The highest BCUT2D eigenvalue weighted by Crippen LogP contribution is 2.30. The number of hydrogen-bond acceptors (Lipinski definition) is 6. The lowest BCUT2D eigenvalue weighted by Crippen LogP contribution is -2.35. The maximum absolute atomic E-state index is 8.74. The van der Waals surface area contributed by atoms with E-state index in [1.807, 2.05) is 13.8 Å². The van der Waals surface area contributed by atoms with Crippen molar-refractivity contribution in [3.63, 3.8) is 0 Å². The van der Waals surface area contributed by atoms with Gasteiger partial charge in [0.15, 0.2) is 0 Å². The number of nitriles is 2. The molecule has 0 bridgehead atoms. The molecule has 0 aromatic rings. The maximum Gasteiger partial charge on any atom is 0.115 e. The molecule has 2 heterocycles. The molecule has 0 spiro atoms. The van der Waals surface area contributed by atoms with Gasteiger partial charge in [-0.2, -0.15) is 10.5 Å². The van der Waals surface area contributed by atoms with Gasteiger partial charge in [0.25, 0.3) is 0 Å². The predicted octanol–water partition coefficient (Wildman–Crippen LogP) is 0.874. The van der Waals surface area contributed by atoms with Gasteiger partial charge in [0.2, 0.25) is 0 Å². The molecule has 0 aromatic heterocycles. The van der Waals surface area contributed by atoms with Crippen molar-refractivity contribution in [2.45, 2.75) is 38.3 Å². The van der Waals surface area contributed by atoms with Crippen molar-refractivity contribution in [3.8, 4) is 12.1 Å². The Morgan fingerprint density at radius 3 is 1.70 bits per heavy atom. The molecule has 110 valence electrons. The number of hydrogen-bond donors (Lipinski definition) is 0. The summed E-state index contributed by atoms with van der Waals surface area (Å²) < 4.78 is 22.8. The van der Waals surface area contributed by atoms with Crippen LogP contribution < -0.4 is 0 Å². The second-order valence-corrected chi connectivity index (χ2v) is 5.40. The molecule has 0 N–H and O–H groups in total. The summed E-state index contributed by atoms with van der Waals surface area (Å²) >= 11 is 0. The molecule has 6 heteroatoms. The average molecular weight is 280 g/mol. The lowest BCUT2D eigenvalue weighted by molar-refractivity contribution is -0.0554. The van der Waals surface area contributed by atoms with Crippen molar-refractivity contribution in [2.75, 3.05) is 26.4 Å². The Balaban J connectivity index is 1.79. The Kier molecular flexibility index (Phi) is 5.33. The normalized spacial score (nSPS) is 35.0. The van der Waals surface area contributed by atoms with E-state index in [1.54, 1.807) is 0 Å². The summed E-state index contributed by atoms with van der Waals surface area (Å²) in [5.41, 5.74) is 0. The van der Waals surface area contributed by atoms with Crippen LogP contribution in [0.15, 0.2) is 0 Å². The first kappa shape index (κ1) is 15.2. The van der Waals surface area contributed by atoms with E-state index in [-0.39, 0.29) is 36.3 Å². The van der Waals surface area contributed by atoms with Gasteiger partial charge >= 0.3 is 0 Å². The summed E-state index contributed by atoms with van der Waals surface area (Å²) in [4.78, 5) is 0. The Labute approximate surface area is 119 Å². The van der Waals surface area contributed by atoms with E-state index in [9.17, 15) is 0 Å². The van der Waals surface area contributed by atoms with Crippen LogP contribution in [0.1, 0.15) is 13.8 Å². The third-order valence-electron chi connectivity index (χ3n) is 3.52. The van der Waals surface area contributed by atoms with Crippen molar-refractivity contribution in [1.82, 2.24) is 0 Å². The van der Waals surface area contributed by atoms with Gasteiger partial charge in [-0.1, -0.05) is 0 Å². The standard InChI is InChI=1S/C14H20N2O4/c1-9(3-15)5-17-11-7-19-14-12(8-20-13(11)14)18-6-10(2)4-16/h9-14H,5-8H2,1-2H3. The molecule has 2 rings (SSSR count). The number of fused-ring (bicyclic) bond motifs is 1. The van der Waals surface area contributed by atoms with E-state index in [0.717, 1.165) is 0 Å². The van der Waals surface area contributed by atoms with Gasteiger partial charge in [0.05, 0.1) is 50.4 Å². The molecular formula is C14H20N2O4. The predicted molar refractivity (Wildman–Crippen MR) is 68.5 cm³/mol. The zero-order valence-corrected chi connectivity index (χ0v) is 11.8. The SMILES string of the molecule is CC(C#N)COC1COC2C(OCC(C)C#N)COC12. The van der Waals surface area contributed by atoms with Crippen LogP contribution in [0, 0.1) is 34.5 Å². The molecule has 0 aliphatic carbocycles. The lowest BCUT2D eigenvalue weighted by Gasteiger charge is -2.18. The molecule has 6 nitrogen and oxygen atoms in total. The first-order valence-corrected chi connectivity index (χ1v) is 6.91.